The Morgan fingerprint density at radius 2 is 1.34 bits per heavy atom. The fraction of sp³-hybridized carbons (Fsp3) is 0.840. The third-order valence-corrected chi connectivity index (χ3v) is 25.9. The largest absolute Gasteiger partial charge is 0.429 e. The van der Waals surface area contributed by atoms with E-state index in [-0.39, 0.29) is 59.5 Å². The minimum absolute atomic E-state index is 0.000343. The Hall–Kier alpha value is -0.752. The number of hydrogen-bond acceptors (Lipinski definition) is 4. The van der Waals surface area contributed by atoms with Crippen LogP contribution in [0.25, 0.3) is 0 Å². The van der Waals surface area contributed by atoms with Gasteiger partial charge in [-0.25, -0.2) is 0 Å². The Labute approximate surface area is 399 Å². The van der Waals surface area contributed by atoms with Crippen LogP contribution >= 0.6 is 0 Å². The molecule has 0 heterocycles. The van der Waals surface area contributed by atoms with Crippen molar-refractivity contribution in [2.45, 2.75) is 244 Å². The molecule has 4 nitrogen and oxygen atoms in total. The summed E-state index contributed by atoms with van der Waals surface area (Å²) < 4.78 is 164. The van der Waals surface area contributed by atoms with Crippen LogP contribution < -0.4 is 0 Å². The number of alkyl halides is 6. The highest BCUT2D eigenvalue weighted by molar-refractivity contribution is 6.74. The van der Waals surface area contributed by atoms with Gasteiger partial charge in [-0.3, -0.25) is 0 Å². The van der Waals surface area contributed by atoms with Crippen LogP contribution in [0.5, 0.6) is 0 Å². The molecule has 3 aliphatic carbocycles. The number of allylic oxidation sites excluding steroid dienone is 4. The van der Waals surface area contributed by atoms with Gasteiger partial charge in [-0.15, -0.1) is 0 Å². The van der Waals surface area contributed by atoms with E-state index in [4.69, 9.17) is 25.9 Å². The molecular weight excluding hydrogens is 891 g/mol. The molecule has 3 aliphatic rings. The minimum Gasteiger partial charge on any atom is -0.413 e. The van der Waals surface area contributed by atoms with E-state index in [2.05, 4.69) is 93.4 Å². The fourth-order valence-corrected chi connectivity index (χ4v) is 15.0. The van der Waals surface area contributed by atoms with Crippen LogP contribution in [0.2, 0.25) is 75.5 Å². The van der Waals surface area contributed by atoms with Gasteiger partial charge in [0.2, 0.25) is 0 Å². The lowest BCUT2D eigenvalue weighted by atomic mass is 9.60. The molecule has 3 fully saturated rings. The van der Waals surface area contributed by atoms with Crippen molar-refractivity contribution in [2.24, 2.45) is 23.2 Å². The molecule has 3 saturated carbocycles. The third kappa shape index (κ3) is 14.4. The van der Waals surface area contributed by atoms with Gasteiger partial charge < -0.3 is 17.7 Å². The molecular formula is C50H90F6O4Si4. The number of fused-ring (bicyclic) bond motifs is 1. The van der Waals surface area contributed by atoms with Gasteiger partial charge in [0.25, 0.3) is 5.60 Å². The Morgan fingerprint density at radius 3 is 1.84 bits per heavy atom. The molecule has 0 unspecified atom stereocenters. The summed E-state index contributed by atoms with van der Waals surface area (Å²) in [7, 11) is -10.7. The highest BCUT2D eigenvalue weighted by atomic mass is 28.4. The molecule has 372 valence electrons. The third-order valence-electron chi connectivity index (χ3n) is 15.0. The molecule has 6 atom stereocenters. The smallest absolute Gasteiger partial charge is 0.413 e. The van der Waals surface area contributed by atoms with E-state index in [0.717, 1.165) is 42.9 Å². The van der Waals surface area contributed by atoms with Crippen LogP contribution in [-0.2, 0) is 17.7 Å². The van der Waals surface area contributed by atoms with E-state index in [0.29, 0.717) is 19.3 Å². The summed E-state index contributed by atoms with van der Waals surface area (Å²) in [5.74, 6) is -0.652. The van der Waals surface area contributed by atoms with Crippen LogP contribution in [0.4, 0.5) is 26.3 Å². The van der Waals surface area contributed by atoms with E-state index >= 15 is 0 Å². The number of rotatable bonds is 17. The monoisotopic (exact) mass is 987 g/mol. The zero-order chi connectivity index (χ0) is 54.6. The van der Waals surface area contributed by atoms with Crippen molar-refractivity contribution >= 4 is 33.3 Å². The predicted octanol–water partition coefficient (Wildman–Crippen LogP) is 17.3. The molecule has 0 aromatic heterocycles. The zero-order valence-electron chi connectivity index (χ0n) is 48.6. The number of hydrogen-bond donors (Lipinski definition) is 0. The SMILES string of the molecule is [2H]C([2H])([2H])C(CCC[C@@H](C/C=C\C(O[Si](C)(C)C)(C(F)(F)F)C(F)(F)F)[C@H]1CC[C@H]2/C(=C/C=C3/C[C@@H](O[Si](C)(C)C(C)(C)C)C[C@H](O[Si](C)(C)C(C)(C)C)C3=C)CCC[C@]12C)(O[Si](C)(C)C)C([2H])([2H])[2H]. The molecule has 0 bridgehead atoms. The fourth-order valence-electron chi connectivity index (χ4n) is 9.88. The van der Waals surface area contributed by atoms with Crippen molar-refractivity contribution in [3.8, 4) is 0 Å². The lowest BCUT2D eigenvalue weighted by molar-refractivity contribution is -0.340. The van der Waals surface area contributed by atoms with Crippen molar-refractivity contribution in [3.05, 3.63) is 47.6 Å². The average molecular weight is 988 g/mol. The average Bonchev–Trinajstić information content (AvgIpc) is 3.47. The summed E-state index contributed by atoms with van der Waals surface area (Å²) in [6.07, 6.45) is -1.67. The quantitative estimate of drug-likeness (QED) is 0.0827. The first-order valence-corrected chi connectivity index (χ1v) is 36.3. The number of halogens is 6. The van der Waals surface area contributed by atoms with Crippen molar-refractivity contribution in [2.75, 3.05) is 0 Å². The first-order chi connectivity index (χ1) is 31.0. The molecule has 0 N–H and O–H groups in total. The van der Waals surface area contributed by atoms with Gasteiger partial charge in [0.15, 0.2) is 33.3 Å². The van der Waals surface area contributed by atoms with Gasteiger partial charge in [0, 0.05) is 14.6 Å². The lowest BCUT2D eigenvalue weighted by Crippen LogP contribution is -2.61. The molecule has 0 spiro atoms. The van der Waals surface area contributed by atoms with Crippen molar-refractivity contribution in [3.63, 3.8) is 0 Å². The van der Waals surface area contributed by atoms with Crippen LogP contribution in [0.3, 0.4) is 0 Å². The summed E-state index contributed by atoms with van der Waals surface area (Å²) in [6.45, 7) is 32.0. The van der Waals surface area contributed by atoms with Crippen molar-refractivity contribution in [1.82, 2.24) is 0 Å². The standard InChI is InChI=1S/C50H90F6O4Si4/c1-36-39(34-40(57-63(17,18)44(2,3)4)35-43(36)58-64(19,20)45(5,6)7)28-27-38-25-22-32-47(10)41(29-30-42(38)47)37(24-21-31-46(8,9)59-61(11,12)13)26-23-33-48(49(51,52)53,50(54,55)56)60-62(14,15)16/h23,27-28,33,37,40-43H,1,21-22,24-26,29-32,34-35H2,2-20H3/b33-23-,38-27+,39-28-/t37-,40+,41+,42-,43-,47+/m0/s1/i8D3,9D3. The molecule has 0 aromatic carbocycles. The van der Waals surface area contributed by atoms with Crippen LogP contribution in [-0.4, -0.2) is 69.0 Å². The normalized spacial score (nSPS) is 29.0. The second kappa shape index (κ2) is 19.9. The maximum Gasteiger partial charge on any atom is 0.429 e. The molecule has 0 aliphatic heterocycles. The van der Waals surface area contributed by atoms with Crippen LogP contribution in [0.15, 0.2) is 47.6 Å². The van der Waals surface area contributed by atoms with E-state index < -0.39 is 88.3 Å². The molecule has 0 aromatic rings. The lowest BCUT2D eigenvalue weighted by Gasteiger charge is -2.46. The Bertz CT molecular complexity index is 1870. The Balaban J connectivity index is 2.16. The summed E-state index contributed by atoms with van der Waals surface area (Å²) in [5.41, 5.74) is -4.21. The second-order valence-corrected chi connectivity index (χ2v) is 43.0. The topological polar surface area (TPSA) is 36.9 Å². The zero-order valence-corrected chi connectivity index (χ0v) is 46.6. The first kappa shape index (κ1) is 48.3. The van der Waals surface area contributed by atoms with Gasteiger partial charge in [0.1, 0.15) is 0 Å². The highest BCUT2D eigenvalue weighted by Gasteiger charge is 2.71. The molecule has 3 rings (SSSR count). The molecule has 0 saturated heterocycles. The molecule has 0 radical (unpaired) electrons. The molecule has 14 heteroatoms. The summed E-state index contributed by atoms with van der Waals surface area (Å²) >= 11 is 0. The Kier molecular flexibility index (Phi) is 15.0. The van der Waals surface area contributed by atoms with Gasteiger partial charge in [0.05, 0.1) is 17.8 Å². The minimum atomic E-state index is -5.82. The molecule has 64 heavy (non-hydrogen) atoms. The second-order valence-electron chi connectivity index (χ2n) is 24.6. The van der Waals surface area contributed by atoms with Gasteiger partial charge >= 0.3 is 12.4 Å². The maximum absolute atomic E-state index is 14.7. The van der Waals surface area contributed by atoms with Gasteiger partial charge in [-0.1, -0.05) is 85.3 Å². The van der Waals surface area contributed by atoms with Crippen LogP contribution in [0.1, 0.15) is 141 Å². The van der Waals surface area contributed by atoms with Gasteiger partial charge in [-0.05, 0) is 187 Å². The maximum atomic E-state index is 14.7. The summed E-state index contributed by atoms with van der Waals surface area (Å²) in [5, 5.41) is -0.0252. The van der Waals surface area contributed by atoms with Crippen molar-refractivity contribution < 1.29 is 52.3 Å². The van der Waals surface area contributed by atoms with Crippen molar-refractivity contribution in [1.29, 1.82) is 0 Å². The predicted molar refractivity (Wildman–Crippen MR) is 266 cm³/mol. The Morgan fingerprint density at radius 1 is 0.797 bits per heavy atom. The molecule has 0 amide bonds. The summed E-state index contributed by atoms with van der Waals surface area (Å²) in [6, 6.07) is 0. The van der Waals surface area contributed by atoms with E-state index in [9.17, 15) is 26.3 Å². The first-order valence-electron chi connectivity index (χ1n) is 26.6. The highest BCUT2D eigenvalue weighted by Crippen LogP contribution is 2.61. The van der Waals surface area contributed by atoms with Crippen LogP contribution in [0, 0.1) is 23.2 Å². The van der Waals surface area contributed by atoms with E-state index in [1.165, 1.54) is 25.2 Å². The summed E-state index contributed by atoms with van der Waals surface area (Å²) in [4.78, 5) is 0. The van der Waals surface area contributed by atoms with E-state index in [1.807, 2.05) is 0 Å². The van der Waals surface area contributed by atoms with E-state index in [1.54, 1.807) is 19.6 Å². The van der Waals surface area contributed by atoms with Gasteiger partial charge in [-0.2, -0.15) is 26.3 Å².